The molecule has 0 saturated carbocycles. The van der Waals surface area contributed by atoms with E-state index in [9.17, 15) is 4.79 Å². The standard InChI is InChI=1S/C24H25ClN4O2S/c1-2-28-12-14-29(15-13-28)20-8-6-19(7-9-20)26-24(32)27-23(30)22-11-10-21(31-22)17-4-3-5-18(25)16-17/h3-11,16H,2,12-15H2,1H3,(H2,26,27,30,32). The van der Waals surface area contributed by atoms with Crippen molar-refractivity contribution < 1.29 is 9.21 Å². The Morgan fingerprint density at radius 2 is 1.81 bits per heavy atom. The minimum absolute atomic E-state index is 0.172. The Labute approximate surface area is 198 Å². The Kier molecular flexibility index (Phi) is 7.09. The molecule has 0 spiro atoms. The lowest BCUT2D eigenvalue weighted by Crippen LogP contribution is -2.46. The van der Waals surface area contributed by atoms with E-state index in [2.05, 4.69) is 39.5 Å². The Morgan fingerprint density at radius 3 is 2.50 bits per heavy atom. The highest BCUT2D eigenvalue weighted by Crippen LogP contribution is 2.25. The largest absolute Gasteiger partial charge is 0.451 e. The number of halogens is 1. The van der Waals surface area contributed by atoms with Crippen LogP contribution in [0.25, 0.3) is 11.3 Å². The molecule has 0 bridgehead atoms. The van der Waals surface area contributed by atoms with Crippen molar-refractivity contribution in [1.82, 2.24) is 10.2 Å². The molecule has 1 amide bonds. The van der Waals surface area contributed by atoms with Crippen LogP contribution in [0.15, 0.2) is 65.1 Å². The maximum atomic E-state index is 12.5. The highest BCUT2D eigenvalue weighted by atomic mass is 35.5. The van der Waals surface area contributed by atoms with E-state index in [1.54, 1.807) is 24.3 Å². The Hall–Kier alpha value is -2.87. The van der Waals surface area contributed by atoms with E-state index in [1.165, 1.54) is 5.69 Å². The summed E-state index contributed by atoms with van der Waals surface area (Å²) in [4.78, 5) is 17.3. The number of rotatable bonds is 5. The van der Waals surface area contributed by atoms with Gasteiger partial charge in [0, 0.05) is 48.1 Å². The molecular weight excluding hydrogens is 444 g/mol. The van der Waals surface area contributed by atoms with Gasteiger partial charge in [-0.1, -0.05) is 30.7 Å². The number of hydrogen-bond donors (Lipinski definition) is 2. The van der Waals surface area contributed by atoms with Gasteiger partial charge in [-0.05, 0) is 67.3 Å². The second-order valence-electron chi connectivity index (χ2n) is 7.55. The first-order chi connectivity index (χ1) is 15.5. The van der Waals surface area contributed by atoms with Crippen LogP contribution in [0.4, 0.5) is 11.4 Å². The average molecular weight is 469 g/mol. The summed E-state index contributed by atoms with van der Waals surface area (Å²) in [5.74, 6) is 0.318. The Bertz CT molecular complexity index is 1090. The Morgan fingerprint density at radius 1 is 1.06 bits per heavy atom. The van der Waals surface area contributed by atoms with E-state index in [0.717, 1.165) is 44.0 Å². The van der Waals surface area contributed by atoms with Gasteiger partial charge in [-0.2, -0.15) is 0 Å². The van der Waals surface area contributed by atoms with Gasteiger partial charge in [0.15, 0.2) is 10.9 Å². The monoisotopic (exact) mass is 468 g/mol. The smallest absolute Gasteiger partial charge is 0.293 e. The van der Waals surface area contributed by atoms with Gasteiger partial charge in [0.2, 0.25) is 0 Å². The number of anilines is 2. The van der Waals surface area contributed by atoms with Gasteiger partial charge in [-0.15, -0.1) is 0 Å². The zero-order chi connectivity index (χ0) is 22.5. The molecule has 1 aliphatic rings. The minimum atomic E-state index is -0.416. The van der Waals surface area contributed by atoms with E-state index in [-0.39, 0.29) is 10.9 Å². The number of likely N-dealkylation sites (N-methyl/N-ethyl adjacent to an activating group) is 1. The van der Waals surface area contributed by atoms with Crippen molar-refractivity contribution in [1.29, 1.82) is 0 Å². The molecule has 3 aromatic rings. The Balaban J connectivity index is 1.31. The van der Waals surface area contributed by atoms with Crippen LogP contribution in [0.3, 0.4) is 0 Å². The third-order valence-corrected chi connectivity index (χ3v) is 5.92. The lowest BCUT2D eigenvalue weighted by molar-refractivity contribution is 0.0951. The van der Waals surface area contributed by atoms with E-state index in [1.807, 2.05) is 24.3 Å². The normalized spacial score (nSPS) is 14.2. The highest BCUT2D eigenvalue weighted by molar-refractivity contribution is 7.80. The fourth-order valence-corrected chi connectivity index (χ4v) is 4.06. The molecule has 8 heteroatoms. The first-order valence-electron chi connectivity index (χ1n) is 10.6. The van der Waals surface area contributed by atoms with E-state index in [0.29, 0.717) is 10.8 Å². The van der Waals surface area contributed by atoms with Gasteiger partial charge in [0.25, 0.3) is 5.91 Å². The predicted molar refractivity (Wildman–Crippen MR) is 134 cm³/mol. The molecule has 0 unspecified atom stereocenters. The quantitative estimate of drug-likeness (QED) is 0.521. The summed E-state index contributed by atoms with van der Waals surface area (Å²) in [6, 6.07) is 18.7. The molecule has 32 heavy (non-hydrogen) atoms. The molecule has 166 valence electrons. The lowest BCUT2D eigenvalue weighted by Gasteiger charge is -2.35. The molecule has 0 aliphatic carbocycles. The molecule has 6 nitrogen and oxygen atoms in total. The molecule has 0 atom stereocenters. The van der Waals surface area contributed by atoms with Crippen LogP contribution in [-0.4, -0.2) is 48.6 Å². The molecule has 0 radical (unpaired) electrons. The molecule has 1 aliphatic heterocycles. The van der Waals surface area contributed by atoms with Crippen molar-refractivity contribution in [3.8, 4) is 11.3 Å². The van der Waals surface area contributed by atoms with Crippen molar-refractivity contribution in [2.75, 3.05) is 42.9 Å². The van der Waals surface area contributed by atoms with Crippen LogP contribution >= 0.6 is 23.8 Å². The number of hydrogen-bond acceptors (Lipinski definition) is 5. The number of nitrogens with one attached hydrogen (secondary N) is 2. The van der Waals surface area contributed by atoms with Gasteiger partial charge in [0.05, 0.1) is 0 Å². The molecule has 4 rings (SSSR count). The molecule has 2 N–H and O–H groups in total. The van der Waals surface area contributed by atoms with E-state index >= 15 is 0 Å². The maximum Gasteiger partial charge on any atom is 0.293 e. The van der Waals surface area contributed by atoms with Gasteiger partial charge < -0.3 is 19.5 Å². The zero-order valence-corrected chi connectivity index (χ0v) is 19.4. The zero-order valence-electron chi connectivity index (χ0n) is 17.8. The number of nitrogens with zero attached hydrogens (tertiary/aromatic N) is 2. The van der Waals surface area contributed by atoms with Crippen molar-refractivity contribution in [2.45, 2.75) is 6.92 Å². The summed E-state index contributed by atoms with van der Waals surface area (Å²) in [5.41, 5.74) is 2.80. The third-order valence-electron chi connectivity index (χ3n) is 5.48. The van der Waals surface area contributed by atoms with Crippen LogP contribution in [-0.2, 0) is 0 Å². The molecular formula is C24H25ClN4O2S. The average Bonchev–Trinajstić information content (AvgIpc) is 3.30. The molecule has 1 saturated heterocycles. The number of amides is 1. The summed E-state index contributed by atoms with van der Waals surface area (Å²) >= 11 is 11.3. The molecule has 2 aromatic carbocycles. The van der Waals surface area contributed by atoms with Crippen LogP contribution in [0.1, 0.15) is 17.5 Å². The minimum Gasteiger partial charge on any atom is -0.451 e. The number of furan rings is 1. The summed E-state index contributed by atoms with van der Waals surface area (Å²) in [6.07, 6.45) is 0. The van der Waals surface area contributed by atoms with Crippen LogP contribution in [0.2, 0.25) is 5.02 Å². The molecule has 1 aromatic heterocycles. The topological polar surface area (TPSA) is 60.8 Å². The first kappa shape index (κ1) is 22.3. The number of thiocarbonyl (C=S) groups is 1. The van der Waals surface area contributed by atoms with Crippen LogP contribution in [0, 0.1) is 0 Å². The maximum absolute atomic E-state index is 12.5. The van der Waals surface area contributed by atoms with Crippen LogP contribution in [0.5, 0.6) is 0 Å². The number of benzene rings is 2. The number of piperazine rings is 1. The number of carbonyl (C=O) groups is 1. The predicted octanol–water partition coefficient (Wildman–Crippen LogP) is 4.87. The highest BCUT2D eigenvalue weighted by Gasteiger charge is 2.16. The third kappa shape index (κ3) is 5.48. The summed E-state index contributed by atoms with van der Waals surface area (Å²) in [7, 11) is 0. The van der Waals surface area contributed by atoms with Gasteiger partial charge >= 0.3 is 0 Å². The molecule has 1 fully saturated rings. The SMILES string of the molecule is CCN1CCN(c2ccc(NC(=S)NC(=O)c3ccc(-c4cccc(Cl)c4)o3)cc2)CC1. The first-order valence-corrected chi connectivity index (χ1v) is 11.4. The fraction of sp³-hybridized carbons (Fsp3) is 0.250. The van der Waals surface area contributed by atoms with Crippen LogP contribution < -0.4 is 15.5 Å². The van der Waals surface area contributed by atoms with Crippen molar-refractivity contribution >= 4 is 46.2 Å². The van der Waals surface area contributed by atoms with Gasteiger partial charge in [-0.3, -0.25) is 10.1 Å². The summed E-state index contributed by atoms with van der Waals surface area (Å²) in [5, 5.41) is 6.51. The fourth-order valence-electron chi connectivity index (χ4n) is 3.66. The van der Waals surface area contributed by atoms with Crippen molar-refractivity contribution in [3.63, 3.8) is 0 Å². The van der Waals surface area contributed by atoms with Crippen molar-refractivity contribution in [2.24, 2.45) is 0 Å². The summed E-state index contributed by atoms with van der Waals surface area (Å²) in [6.45, 7) is 7.50. The van der Waals surface area contributed by atoms with Gasteiger partial charge in [0.1, 0.15) is 5.76 Å². The van der Waals surface area contributed by atoms with Gasteiger partial charge in [-0.25, -0.2) is 0 Å². The van der Waals surface area contributed by atoms with Crippen molar-refractivity contribution in [3.05, 3.63) is 71.4 Å². The summed E-state index contributed by atoms with van der Waals surface area (Å²) < 4.78 is 5.67. The molecule has 2 heterocycles. The lowest BCUT2D eigenvalue weighted by atomic mass is 10.2. The second kappa shape index (κ2) is 10.2. The number of carbonyl (C=O) groups excluding carboxylic acids is 1. The van der Waals surface area contributed by atoms with E-state index in [4.69, 9.17) is 28.2 Å². The van der Waals surface area contributed by atoms with E-state index < -0.39 is 5.91 Å². The second-order valence-corrected chi connectivity index (χ2v) is 8.40.